The molecule has 1 saturated heterocycles. The average Bonchev–Trinajstić information content (AvgIpc) is 2.66. The lowest BCUT2D eigenvalue weighted by Crippen LogP contribution is -2.30. The standard InChI is InChI=1S/C15H16Cl2N2O2S/c1-4-19-14(20)12(18(3)15(19)22)8-9-6-10(16)13(21-5-2)11(17)7-9/h6-8H,4-5H2,1-3H3. The van der Waals surface area contributed by atoms with Crippen LogP contribution in [0.1, 0.15) is 19.4 Å². The maximum atomic E-state index is 12.3. The van der Waals surface area contributed by atoms with E-state index in [0.29, 0.717) is 39.8 Å². The molecule has 2 rings (SSSR count). The van der Waals surface area contributed by atoms with Crippen molar-refractivity contribution < 1.29 is 9.53 Å². The predicted molar refractivity (Wildman–Crippen MR) is 93.4 cm³/mol. The molecule has 1 aliphatic rings. The predicted octanol–water partition coefficient (Wildman–Crippen LogP) is 3.81. The molecule has 1 heterocycles. The summed E-state index contributed by atoms with van der Waals surface area (Å²) in [6.07, 6.45) is 1.72. The number of nitrogens with zero attached hydrogens (tertiary/aromatic N) is 2. The number of hydrogen-bond donors (Lipinski definition) is 0. The molecule has 1 amide bonds. The van der Waals surface area contributed by atoms with Crippen LogP contribution in [0.5, 0.6) is 5.75 Å². The molecular formula is C15H16Cl2N2O2S. The molecule has 118 valence electrons. The quantitative estimate of drug-likeness (QED) is 0.605. The van der Waals surface area contributed by atoms with E-state index < -0.39 is 0 Å². The van der Waals surface area contributed by atoms with Gasteiger partial charge in [-0.1, -0.05) is 23.2 Å². The highest BCUT2D eigenvalue weighted by atomic mass is 35.5. The van der Waals surface area contributed by atoms with Crippen LogP contribution in [0.2, 0.25) is 10.0 Å². The number of amides is 1. The highest BCUT2D eigenvalue weighted by Crippen LogP contribution is 2.35. The van der Waals surface area contributed by atoms with Gasteiger partial charge in [0.25, 0.3) is 5.91 Å². The molecule has 1 fully saturated rings. The number of likely N-dealkylation sites (N-methyl/N-ethyl adjacent to an activating group) is 2. The third kappa shape index (κ3) is 3.07. The van der Waals surface area contributed by atoms with Gasteiger partial charge in [-0.3, -0.25) is 9.69 Å². The molecule has 22 heavy (non-hydrogen) atoms. The lowest BCUT2D eigenvalue weighted by Gasteiger charge is -2.13. The minimum Gasteiger partial charge on any atom is -0.491 e. The molecule has 4 nitrogen and oxygen atoms in total. The number of carbonyl (C=O) groups is 1. The maximum Gasteiger partial charge on any atom is 0.276 e. The fraction of sp³-hybridized carbons (Fsp3) is 0.333. The average molecular weight is 359 g/mol. The first kappa shape index (κ1) is 17.1. The molecular weight excluding hydrogens is 343 g/mol. The summed E-state index contributed by atoms with van der Waals surface area (Å²) in [5, 5.41) is 1.30. The summed E-state index contributed by atoms with van der Waals surface area (Å²) in [5.41, 5.74) is 1.21. The summed E-state index contributed by atoms with van der Waals surface area (Å²) >= 11 is 17.6. The number of carbonyl (C=O) groups excluding carboxylic acids is 1. The Labute approximate surface area is 145 Å². The molecule has 0 unspecified atom stereocenters. The molecule has 1 aliphatic heterocycles. The van der Waals surface area contributed by atoms with Crippen molar-refractivity contribution in [2.24, 2.45) is 0 Å². The van der Waals surface area contributed by atoms with Crippen molar-refractivity contribution in [1.29, 1.82) is 0 Å². The van der Waals surface area contributed by atoms with Gasteiger partial charge in [-0.15, -0.1) is 0 Å². The third-order valence-electron chi connectivity index (χ3n) is 3.27. The fourth-order valence-electron chi connectivity index (χ4n) is 2.19. The van der Waals surface area contributed by atoms with Crippen LogP contribution in [-0.2, 0) is 4.79 Å². The lowest BCUT2D eigenvalue weighted by atomic mass is 10.1. The van der Waals surface area contributed by atoms with Gasteiger partial charge in [-0.05, 0) is 49.8 Å². The van der Waals surface area contributed by atoms with Crippen LogP contribution in [0.15, 0.2) is 17.8 Å². The number of hydrogen-bond acceptors (Lipinski definition) is 3. The van der Waals surface area contributed by atoms with E-state index in [1.54, 1.807) is 35.1 Å². The van der Waals surface area contributed by atoms with Crippen LogP contribution >= 0.6 is 35.4 Å². The maximum absolute atomic E-state index is 12.3. The zero-order chi connectivity index (χ0) is 16.4. The fourth-order valence-corrected chi connectivity index (χ4v) is 3.12. The molecule has 0 N–H and O–H groups in total. The van der Waals surface area contributed by atoms with Gasteiger partial charge in [-0.2, -0.15) is 0 Å². The van der Waals surface area contributed by atoms with E-state index in [9.17, 15) is 4.79 Å². The van der Waals surface area contributed by atoms with E-state index in [1.807, 2.05) is 13.8 Å². The van der Waals surface area contributed by atoms with Gasteiger partial charge in [0.05, 0.1) is 16.7 Å². The highest BCUT2D eigenvalue weighted by Gasteiger charge is 2.34. The summed E-state index contributed by atoms with van der Waals surface area (Å²) in [6.45, 7) is 4.74. The Balaban J connectivity index is 2.41. The van der Waals surface area contributed by atoms with Gasteiger partial charge in [-0.25, -0.2) is 0 Å². The molecule has 0 atom stereocenters. The Kier molecular flexibility index (Phi) is 5.32. The van der Waals surface area contributed by atoms with E-state index in [4.69, 9.17) is 40.2 Å². The van der Waals surface area contributed by atoms with Gasteiger partial charge in [0.2, 0.25) is 0 Å². The van der Waals surface area contributed by atoms with E-state index in [0.717, 1.165) is 5.56 Å². The van der Waals surface area contributed by atoms with Crippen LogP contribution in [0.25, 0.3) is 6.08 Å². The Morgan fingerprint density at radius 2 is 1.86 bits per heavy atom. The first-order valence-corrected chi connectivity index (χ1v) is 8.00. The van der Waals surface area contributed by atoms with Crippen LogP contribution in [0.4, 0.5) is 0 Å². The molecule has 1 aromatic carbocycles. The molecule has 0 saturated carbocycles. The normalized spacial score (nSPS) is 16.9. The van der Waals surface area contributed by atoms with Crippen molar-refractivity contribution in [3.8, 4) is 5.75 Å². The second-order valence-corrected chi connectivity index (χ2v) is 5.85. The summed E-state index contributed by atoms with van der Waals surface area (Å²) in [4.78, 5) is 15.6. The Bertz CT molecular complexity index is 638. The number of ether oxygens (including phenoxy) is 1. The van der Waals surface area contributed by atoms with Gasteiger partial charge >= 0.3 is 0 Å². The largest absolute Gasteiger partial charge is 0.491 e. The molecule has 0 spiro atoms. The molecule has 7 heteroatoms. The smallest absolute Gasteiger partial charge is 0.276 e. The highest BCUT2D eigenvalue weighted by molar-refractivity contribution is 7.80. The van der Waals surface area contributed by atoms with Crippen molar-refractivity contribution in [2.75, 3.05) is 20.2 Å². The second kappa shape index (κ2) is 6.86. The van der Waals surface area contributed by atoms with Crippen molar-refractivity contribution in [3.63, 3.8) is 0 Å². The topological polar surface area (TPSA) is 32.8 Å². The SMILES string of the molecule is CCOc1c(Cl)cc(C=C2C(=O)N(CC)C(=S)N2C)cc1Cl. The van der Waals surface area contributed by atoms with Crippen LogP contribution in [0, 0.1) is 0 Å². The number of benzene rings is 1. The molecule has 0 radical (unpaired) electrons. The number of thiocarbonyl (C=S) groups is 1. The molecule has 0 aliphatic carbocycles. The minimum absolute atomic E-state index is 0.129. The Hall–Kier alpha value is -1.30. The summed E-state index contributed by atoms with van der Waals surface area (Å²) in [7, 11) is 1.76. The van der Waals surface area contributed by atoms with Gasteiger partial charge in [0.1, 0.15) is 5.70 Å². The second-order valence-electron chi connectivity index (χ2n) is 4.67. The molecule has 1 aromatic rings. The van der Waals surface area contributed by atoms with Crippen molar-refractivity contribution in [3.05, 3.63) is 33.4 Å². The number of halogens is 2. The summed E-state index contributed by atoms with van der Waals surface area (Å²) in [6, 6.07) is 3.43. The van der Waals surface area contributed by atoms with Gasteiger partial charge in [0.15, 0.2) is 10.9 Å². The first-order chi connectivity index (χ1) is 10.4. The van der Waals surface area contributed by atoms with Crippen molar-refractivity contribution in [2.45, 2.75) is 13.8 Å². The van der Waals surface area contributed by atoms with Crippen LogP contribution < -0.4 is 4.74 Å². The van der Waals surface area contributed by atoms with Gasteiger partial charge in [0, 0.05) is 13.6 Å². The summed E-state index contributed by atoms with van der Waals surface area (Å²) < 4.78 is 5.40. The Morgan fingerprint density at radius 3 is 2.32 bits per heavy atom. The summed E-state index contributed by atoms with van der Waals surface area (Å²) in [5.74, 6) is 0.320. The first-order valence-electron chi connectivity index (χ1n) is 6.83. The molecule has 0 aromatic heterocycles. The van der Waals surface area contributed by atoms with E-state index >= 15 is 0 Å². The zero-order valence-electron chi connectivity index (χ0n) is 12.5. The van der Waals surface area contributed by atoms with E-state index in [-0.39, 0.29) is 5.91 Å². The molecule has 0 bridgehead atoms. The van der Waals surface area contributed by atoms with E-state index in [2.05, 4.69) is 0 Å². The Morgan fingerprint density at radius 1 is 1.27 bits per heavy atom. The monoisotopic (exact) mass is 358 g/mol. The van der Waals surface area contributed by atoms with E-state index in [1.165, 1.54) is 0 Å². The van der Waals surface area contributed by atoms with Crippen molar-refractivity contribution >= 4 is 52.5 Å². The van der Waals surface area contributed by atoms with Crippen LogP contribution in [-0.4, -0.2) is 41.0 Å². The van der Waals surface area contributed by atoms with Crippen LogP contribution in [0.3, 0.4) is 0 Å². The number of rotatable bonds is 4. The van der Waals surface area contributed by atoms with Crippen molar-refractivity contribution in [1.82, 2.24) is 9.80 Å². The third-order valence-corrected chi connectivity index (χ3v) is 4.33. The lowest BCUT2D eigenvalue weighted by molar-refractivity contribution is -0.122. The minimum atomic E-state index is -0.129. The van der Waals surface area contributed by atoms with Gasteiger partial charge < -0.3 is 9.64 Å². The zero-order valence-corrected chi connectivity index (χ0v) is 14.8.